The highest BCUT2D eigenvalue weighted by Gasteiger charge is 2.20. The van der Waals surface area contributed by atoms with Crippen LogP contribution in [0.4, 0.5) is 5.69 Å². The fourth-order valence-electron chi connectivity index (χ4n) is 3.15. The molecule has 0 radical (unpaired) electrons. The second kappa shape index (κ2) is 9.14. The maximum Gasteiger partial charge on any atom is 0.342 e. The van der Waals surface area contributed by atoms with E-state index in [4.69, 9.17) is 4.74 Å². The number of amides is 1. The minimum atomic E-state index is -0.584. The molecular formula is C22H24N4O3. The normalized spacial score (nSPS) is 10.6. The van der Waals surface area contributed by atoms with E-state index in [0.717, 1.165) is 23.2 Å². The SMILES string of the molecule is CCc1cccc(C)c1NC(=O)COC(=O)c1cnn(-c2ccccn2)c1CC. The number of para-hydroxylation sites is 1. The van der Waals surface area contributed by atoms with Crippen molar-refractivity contribution in [2.24, 2.45) is 0 Å². The highest BCUT2D eigenvalue weighted by atomic mass is 16.5. The Morgan fingerprint density at radius 1 is 1.10 bits per heavy atom. The Morgan fingerprint density at radius 2 is 1.93 bits per heavy atom. The number of esters is 1. The molecule has 29 heavy (non-hydrogen) atoms. The predicted octanol–water partition coefficient (Wildman–Crippen LogP) is 3.50. The van der Waals surface area contributed by atoms with Gasteiger partial charge in [0.2, 0.25) is 0 Å². The summed E-state index contributed by atoms with van der Waals surface area (Å²) in [6.07, 6.45) is 4.47. The zero-order valence-electron chi connectivity index (χ0n) is 16.8. The van der Waals surface area contributed by atoms with E-state index in [1.165, 1.54) is 6.20 Å². The number of aryl methyl sites for hydroxylation is 2. The van der Waals surface area contributed by atoms with E-state index in [-0.39, 0.29) is 12.5 Å². The number of carbonyl (C=O) groups is 2. The van der Waals surface area contributed by atoms with Crippen LogP contribution in [-0.4, -0.2) is 33.2 Å². The van der Waals surface area contributed by atoms with Crippen molar-refractivity contribution in [3.63, 3.8) is 0 Å². The number of hydrogen-bond donors (Lipinski definition) is 1. The van der Waals surface area contributed by atoms with Gasteiger partial charge in [-0.2, -0.15) is 5.10 Å². The first-order chi connectivity index (χ1) is 14.0. The maximum absolute atomic E-state index is 12.5. The van der Waals surface area contributed by atoms with Crippen molar-refractivity contribution in [3.05, 3.63) is 71.2 Å². The summed E-state index contributed by atoms with van der Waals surface area (Å²) in [7, 11) is 0. The Kier molecular flexibility index (Phi) is 6.39. The van der Waals surface area contributed by atoms with Gasteiger partial charge < -0.3 is 10.1 Å². The van der Waals surface area contributed by atoms with Crippen LogP contribution in [0, 0.1) is 6.92 Å². The fraction of sp³-hybridized carbons (Fsp3) is 0.273. The van der Waals surface area contributed by atoms with Crippen LogP contribution < -0.4 is 5.32 Å². The van der Waals surface area contributed by atoms with Crippen LogP contribution in [0.3, 0.4) is 0 Å². The second-order valence-electron chi connectivity index (χ2n) is 6.55. The molecule has 0 atom stereocenters. The van der Waals surface area contributed by atoms with Gasteiger partial charge in [-0.3, -0.25) is 4.79 Å². The number of aromatic nitrogens is 3. The summed E-state index contributed by atoms with van der Waals surface area (Å²) in [5.41, 5.74) is 3.79. The van der Waals surface area contributed by atoms with E-state index in [1.807, 2.05) is 57.2 Å². The molecule has 0 bridgehead atoms. The highest BCUT2D eigenvalue weighted by Crippen LogP contribution is 2.21. The first-order valence-electron chi connectivity index (χ1n) is 9.58. The van der Waals surface area contributed by atoms with Gasteiger partial charge in [0.05, 0.1) is 11.9 Å². The largest absolute Gasteiger partial charge is 0.452 e. The molecule has 7 heteroatoms. The fourth-order valence-corrected chi connectivity index (χ4v) is 3.15. The Balaban J connectivity index is 1.69. The minimum Gasteiger partial charge on any atom is -0.452 e. The molecule has 0 aliphatic rings. The van der Waals surface area contributed by atoms with Crippen LogP contribution in [0.2, 0.25) is 0 Å². The topological polar surface area (TPSA) is 86.1 Å². The van der Waals surface area contributed by atoms with Crippen molar-refractivity contribution in [2.45, 2.75) is 33.6 Å². The Bertz CT molecular complexity index is 1010. The monoisotopic (exact) mass is 392 g/mol. The van der Waals surface area contributed by atoms with Crippen LogP contribution in [-0.2, 0) is 22.4 Å². The number of carbonyl (C=O) groups excluding carboxylic acids is 2. The summed E-state index contributed by atoms with van der Waals surface area (Å²) in [5.74, 6) is -0.343. The molecule has 0 aliphatic heterocycles. The number of pyridine rings is 1. The van der Waals surface area contributed by atoms with Crippen molar-refractivity contribution < 1.29 is 14.3 Å². The summed E-state index contributed by atoms with van der Waals surface area (Å²) < 4.78 is 6.85. The number of anilines is 1. The average molecular weight is 392 g/mol. The molecule has 0 unspecified atom stereocenters. The lowest BCUT2D eigenvalue weighted by Gasteiger charge is -2.13. The molecule has 7 nitrogen and oxygen atoms in total. The molecule has 150 valence electrons. The average Bonchev–Trinajstić information content (AvgIpc) is 3.18. The van der Waals surface area contributed by atoms with Crippen molar-refractivity contribution in [1.82, 2.24) is 14.8 Å². The highest BCUT2D eigenvalue weighted by molar-refractivity contribution is 5.96. The Hall–Kier alpha value is -3.48. The molecule has 1 amide bonds. The number of hydrogen-bond acceptors (Lipinski definition) is 5. The predicted molar refractivity (Wildman–Crippen MR) is 110 cm³/mol. The minimum absolute atomic E-state index is 0.330. The zero-order valence-corrected chi connectivity index (χ0v) is 16.8. The van der Waals surface area contributed by atoms with Gasteiger partial charge in [-0.05, 0) is 43.0 Å². The molecule has 0 aliphatic carbocycles. The summed E-state index contributed by atoms with van der Waals surface area (Å²) in [4.78, 5) is 29.1. The summed E-state index contributed by atoms with van der Waals surface area (Å²) >= 11 is 0. The summed E-state index contributed by atoms with van der Waals surface area (Å²) in [6, 6.07) is 11.3. The van der Waals surface area contributed by atoms with Crippen molar-refractivity contribution >= 4 is 17.6 Å². The Labute approximate surface area is 169 Å². The zero-order chi connectivity index (χ0) is 20.8. The number of rotatable bonds is 7. The smallest absolute Gasteiger partial charge is 0.342 e. The van der Waals surface area contributed by atoms with Gasteiger partial charge in [0.1, 0.15) is 5.56 Å². The number of ether oxygens (including phenoxy) is 1. The van der Waals surface area contributed by atoms with E-state index in [9.17, 15) is 9.59 Å². The lowest BCUT2D eigenvalue weighted by atomic mass is 10.1. The lowest BCUT2D eigenvalue weighted by Crippen LogP contribution is -2.22. The standard InChI is InChI=1S/C22H24N4O3/c1-4-16-10-8-9-15(3)21(16)25-20(27)14-29-22(28)17-13-24-26(18(17)5-2)19-11-6-7-12-23-19/h6-13H,4-5,14H2,1-3H3,(H,25,27). The summed E-state index contributed by atoms with van der Waals surface area (Å²) in [6.45, 7) is 5.51. The van der Waals surface area contributed by atoms with E-state index >= 15 is 0 Å². The van der Waals surface area contributed by atoms with E-state index < -0.39 is 5.97 Å². The van der Waals surface area contributed by atoms with Crippen LogP contribution in [0.1, 0.15) is 41.0 Å². The van der Waals surface area contributed by atoms with Crippen molar-refractivity contribution in [1.29, 1.82) is 0 Å². The lowest BCUT2D eigenvalue weighted by molar-refractivity contribution is -0.119. The van der Waals surface area contributed by atoms with E-state index in [1.54, 1.807) is 10.9 Å². The maximum atomic E-state index is 12.5. The molecule has 0 saturated heterocycles. The molecular weight excluding hydrogens is 368 g/mol. The molecule has 3 aromatic rings. The molecule has 1 N–H and O–H groups in total. The van der Waals surface area contributed by atoms with Gasteiger partial charge in [0.25, 0.3) is 5.91 Å². The van der Waals surface area contributed by atoms with Crippen molar-refractivity contribution in [2.75, 3.05) is 11.9 Å². The van der Waals surface area contributed by atoms with Gasteiger partial charge in [0, 0.05) is 11.9 Å². The third-order valence-electron chi connectivity index (χ3n) is 4.63. The first kappa shape index (κ1) is 20.3. The van der Waals surface area contributed by atoms with Gasteiger partial charge in [-0.25, -0.2) is 14.5 Å². The second-order valence-corrected chi connectivity index (χ2v) is 6.55. The van der Waals surface area contributed by atoms with E-state index in [0.29, 0.717) is 23.5 Å². The van der Waals surface area contributed by atoms with E-state index in [2.05, 4.69) is 15.4 Å². The molecule has 0 fully saturated rings. The van der Waals surface area contributed by atoms with Crippen LogP contribution in [0.15, 0.2) is 48.8 Å². The van der Waals surface area contributed by atoms with Gasteiger partial charge in [-0.1, -0.05) is 38.1 Å². The molecule has 2 heterocycles. The molecule has 1 aromatic carbocycles. The third kappa shape index (κ3) is 4.51. The van der Waals surface area contributed by atoms with Gasteiger partial charge >= 0.3 is 5.97 Å². The van der Waals surface area contributed by atoms with Crippen molar-refractivity contribution in [3.8, 4) is 5.82 Å². The van der Waals surface area contributed by atoms with Gasteiger partial charge in [0.15, 0.2) is 12.4 Å². The quantitative estimate of drug-likeness (QED) is 0.622. The third-order valence-corrected chi connectivity index (χ3v) is 4.63. The molecule has 2 aromatic heterocycles. The number of nitrogens with one attached hydrogen (secondary N) is 1. The number of benzene rings is 1. The number of nitrogens with zero attached hydrogens (tertiary/aromatic N) is 3. The first-order valence-corrected chi connectivity index (χ1v) is 9.58. The molecule has 3 rings (SSSR count). The van der Waals surface area contributed by atoms with Crippen LogP contribution in [0.5, 0.6) is 0 Å². The Morgan fingerprint density at radius 3 is 2.62 bits per heavy atom. The van der Waals surface area contributed by atoms with Crippen LogP contribution >= 0.6 is 0 Å². The molecule has 0 saturated carbocycles. The summed E-state index contributed by atoms with van der Waals surface area (Å²) in [5, 5.41) is 7.11. The van der Waals surface area contributed by atoms with Gasteiger partial charge in [-0.15, -0.1) is 0 Å². The van der Waals surface area contributed by atoms with Crippen LogP contribution in [0.25, 0.3) is 5.82 Å². The molecule has 0 spiro atoms.